The SMILES string of the molecule is Cc1cc(C)n2c(SCC(=O)N(C(C)C)C(C)C)nnc2n1. The summed E-state index contributed by atoms with van der Waals surface area (Å²) in [4.78, 5) is 18.7. The molecule has 0 aliphatic heterocycles. The Morgan fingerprint density at radius 3 is 2.45 bits per heavy atom. The minimum atomic E-state index is 0.115. The van der Waals surface area contributed by atoms with E-state index in [1.807, 2.05) is 56.9 Å². The van der Waals surface area contributed by atoms with Crippen LogP contribution in [0.3, 0.4) is 0 Å². The average Bonchev–Trinajstić information content (AvgIpc) is 2.78. The summed E-state index contributed by atoms with van der Waals surface area (Å²) in [6.45, 7) is 12.1. The van der Waals surface area contributed by atoms with Gasteiger partial charge in [-0.1, -0.05) is 11.8 Å². The normalized spacial score (nSPS) is 11.6. The summed E-state index contributed by atoms with van der Waals surface area (Å²) in [6, 6.07) is 2.36. The van der Waals surface area contributed by atoms with E-state index in [2.05, 4.69) is 15.2 Å². The second-order valence-corrected chi connectivity index (χ2v) is 6.88. The molecule has 2 rings (SSSR count). The molecular formula is C15H23N5OS. The Bertz CT molecular complexity index is 672. The quantitative estimate of drug-likeness (QED) is 0.792. The van der Waals surface area contributed by atoms with Crippen molar-refractivity contribution in [1.82, 2.24) is 24.5 Å². The maximum Gasteiger partial charge on any atom is 0.256 e. The first-order valence-corrected chi connectivity index (χ1v) is 8.43. The van der Waals surface area contributed by atoms with Crippen molar-refractivity contribution in [1.29, 1.82) is 0 Å². The van der Waals surface area contributed by atoms with Gasteiger partial charge in [0, 0.05) is 23.5 Å². The summed E-state index contributed by atoms with van der Waals surface area (Å²) < 4.78 is 1.89. The molecule has 0 fully saturated rings. The first kappa shape index (κ1) is 16.7. The molecular weight excluding hydrogens is 298 g/mol. The molecule has 0 saturated heterocycles. The molecule has 0 spiro atoms. The average molecular weight is 321 g/mol. The lowest BCUT2D eigenvalue weighted by molar-refractivity contribution is -0.131. The van der Waals surface area contributed by atoms with E-state index in [-0.39, 0.29) is 18.0 Å². The molecule has 0 aliphatic rings. The van der Waals surface area contributed by atoms with Crippen LogP contribution in [0.1, 0.15) is 39.1 Å². The summed E-state index contributed by atoms with van der Waals surface area (Å²) in [6.07, 6.45) is 0. The maximum atomic E-state index is 12.4. The number of fused-ring (bicyclic) bond motifs is 1. The highest BCUT2D eigenvalue weighted by Gasteiger charge is 2.21. The van der Waals surface area contributed by atoms with Gasteiger partial charge in [0.1, 0.15) is 0 Å². The second-order valence-electron chi connectivity index (χ2n) is 5.93. The number of amides is 1. The van der Waals surface area contributed by atoms with Gasteiger partial charge in [-0.15, -0.1) is 10.2 Å². The van der Waals surface area contributed by atoms with E-state index in [0.717, 1.165) is 11.4 Å². The zero-order valence-corrected chi connectivity index (χ0v) is 14.8. The molecule has 0 aromatic carbocycles. The van der Waals surface area contributed by atoms with Gasteiger partial charge in [0.15, 0.2) is 5.16 Å². The van der Waals surface area contributed by atoms with Gasteiger partial charge in [-0.2, -0.15) is 0 Å². The van der Waals surface area contributed by atoms with Crippen LogP contribution in [-0.4, -0.2) is 48.2 Å². The summed E-state index contributed by atoms with van der Waals surface area (Å²) in [7, 11) is 0. The summed E-state index contributed by atoms with van der Waals surface area (Å²) >= 11 is 1.41. The Kier molecular flexibility index (Phi) is 5.05. The zero-order valence-electron chi connectivity index (χ0n) is 14.0. The van der Waals surface area contributed by atoms with E-state index in [4.69, 9.17) is 0 Å². The fourth-order valence-electron chi connectivity index (χ4n) is 2.67. The first-order valence-electron chi connectivity index (χ1n) is 7.44. The lowest BCUT2D eigenvalue weighted by Gasteiger charge is -2.30. The van der Waals surface area contributed by atoms with Crippen molar-refractivity contribution in [3.63, 3.8) is 0 Å². The molecule has 0 N–H and O–H groups in total. The number of hydrogen-bond acceptors (Lipinski definition) is 5. The van der Waals surface area contributed by atoms with E-state index in [1.165, 1.54) is 11.8 Å². The molecule has 2 heterocycles. The number of thioether (sulfide) groups is 1. The minimum Gasteiger partial charge on any atom is -0.337 e. The molecule has 0 atom stereocenters. The summed E-state index contributed by atoms with van der Waals surface area (Å²) in [5.41, 5.74) is 1.93. The molecule has 6 nitrogen and oxygen atoms in total. The van der Waals surface area contributed by atoms with Crippen LogP contribution in [-0.2, 0) is 4.79 Å². The molecule has 0 radical (unpaired) electrons. The molecule has 0 unspecified atom stereocenters. The predicted octanol–water partition coefficient (Wildman–Crippen LogP) is 2.48. The van der Waals surface area contributed by atoms with Crippen molar-refractivity contribution in [2.45, 2.75) is 58.8 Å². The van der Waals surface area contributed by atoms with Crippen LogP contribution in [0.25, 0.3) is 5.78 Å². The largest absolute Gasteiger partial charge is 0.337 e. The number of hydrogen-bond donors (Lipinski definition) is 0. The molecule has 2 aromatic rings. The number of carbonyl (C=O) groups excluding carboxylic acids is 1. The highest BCUT2D eigenvalue weighted by atomic mass is 32.2. The number of aryl methyl sites for hydroxylation is 2. The molecule has 22 heavy (non-hydrogen) atoms. The van der Waals surface area contributed by atoms with E-state index in [9.17, 15) is 4.79 Å². The monoisotopic (exact) mass is 321 g/mol. The van der Waals surface area contributed by atoms with Crippen LogP contribution in [0.4, 0.5) is 0 Å². The van der Waals surface area contributed by atoms with Gasteiger partial charge >= 0.3 is 0 Å². The third-order valence-electron chi connectivity index (χ3n) is 3.39. The molecule has 0 bridgehead atoms. The van der Waals surface area contributed by atoms with E-state index >= 15 is 0 Å². The number of nitrogens with zero attached hydrogens (tertiary/aromatic N) is 5. The van der Waals surface area contributed by atoms with Crippen LogP contribution >= 0.6 is 11.8 Å². The van der Waals surface area contributed by atoms with Crippen molar-refractivity contribution in [2.24, 2.45) is 0 Å². The highest BCUT2D eigenvalue weighted by molar-refractivity contribution is 7.99. The van der Waals surface area contributed by atoms with Gasteiger partial charge in [0.05, 0.1) is 5.75 Å². The molecule has 120 valence electrons. The summed E-state index contributed by atoms with van der Waals surface area (Å²) in [5.74, 6) is 1.05. The van der Waals surface area contributed by atoms with Crippen LogP contribution in [0.15, 0.2) is 11.2 Å². The molecule has 0 aliphatic carbocycles. The first-order chi connectivity index (χ1) is 10.3. The highest BCUT2D eigenvalue weighted by Crippen LogP contribution is 2.20. The predicted molar refractivity (Wildman–Crippen MR) is 88.1 cm³/mol. The number of aromatic nitrogens is 4. The zero-order chi connectivity index (χ0) is 16.4. The van der Waals surface area contributed by atoms with Gasteiger partial charge < -0.3 is 4.90 Å². The lowest BCUT2D eigenvalue weighted by atomic mass is 10.2. The topological polar surface area (TPSA) is 63.4 Å². The fraction of sp³-hybridized carbons (Fsp3) is 0.600. The van der Waals surface area contributed by atoms with Crippen LogP contribution in [0.2, 0.25) is 0 Å². The van der Waals surface area contributed by atoms with Crippen molar-refractivity contribution < 1.29 is 4.79 Å². The third-order valence-corrected chi connectivity index (χ3v) is 4.30. The van der Waals surface area contributed by atoms with Crippen molar-refractivity contribution in [2.75, 3.05) is 5.75 Å². The van der Waals surface area contributed by atoms with E-state index in [0.29, 0.717) is 16.7 Å². The molecule has 1 amide bonds. The standard InChI is InChI=1S/C15H23N5OS/c1-9(2)19(10(3)4)13(21)8-22-15-18-17-14-16-11(5)7-12(6)20(14)15/h7,9-10H,8H2,1-6H3. The second kappa shape index (κ2) is 6.64. The van der Waals surface area contributed by atoms with Gasteiger partial charge in [-0.05, 0) is 47.6 Å². The van der Waals surface area contributed by atoms with Crippen molar-refractivity contribution in [3.05, 3.63) is 17.5 Å². The van der Waals surface area contributed by atoms with Crippen LogP contribution in [0, 0.1) is 13.8 Å². The lowest BCUT2D eigenvalue weighted by Crippen LogP contribution is -2.43. The van der Waals surface area contributed by atoms with Gasteiger partial charge in [-0.25, -0.2) is 4.98 Å². The molecule has 0 saturated carbocycles. The van der Waals surface area contributed by atoms with Gasteiger partial charge in [0.25, 0.3) is 5.78 Å². The Balaban J connectivity index is 2.17. The fourth-order valence-corrected chi connectivity index (χ4v) is 3.52. The van der Waals surface area contributed by atoms with Gasteiger partial charge in [-0.3, -0.25) is 9.20 Å². The Morgan fingerprint density at radius 2 is 1.86 bits per heavy atom. The molecule has 2 aromatic heterocycles. The Labute approximate surface area is 135 Å². The Morgan fingerprint density at radius 1 is 1.23 bits per heavy atom. The van der Waals surface area contributed by atoms with Gasteiger partial charge in [0.2, 0.25) is 5.91 Å². The van der Waals surface area contributed by atoms with Crippen LogP contribution < -0.4 is 0 Å². The van der Waals surface area contributed by atoms with Crippen molar-refractivity contribution >= 4 is 23.4 Å². The van der Waals surface area contributed by atoms with E-state index < -0.39 is 0 Å². The Hall–Kier alpha value is -1.63. The third kappa shape index (κ3) is 3.40. The maximum absolute atomic E-state index is 12.4. The summed E-state index contributed by atoms with van der Waals surface area (Å²) in [5, 5.41) is 8.96. The molecule has 7 heteroatoms. The number of rotatable bonds is 5. The van der Waals surface area contributed by atoms with E-state index in [1.54, 1.807) is 0 Å². The smallest absolute Gasteiger partial charge is 0.256 e. The minimum absolute atomic E-state index is 0.115. The van der Waals surface area contributed by atoms with Crippen LogP contribution in [0.5, 0.6) is 0 Å². The number of carbonyl (C=O) groups is 1. The van der Waals surface area contributed by atoms with Crippen molar-refractivity contribution in [3.8, 4) is 0 Å².